The molecule has 5 nitrogen and oxygen atoms in total. The van der Waals surface area contributed by atoms with Gasteiger partial charge in [-0.3, -0.25) is 9.59 Å². The van der Waals surface area contributed by atoms with Crippen molar-refractivity contribution in [1.29, 1.82) is 0 Å². The van der Waals surface area contributed by atoms with E-state index in [9.17, 15) is 9.59 Å². The molecule has 0 spiro atoms. The molecule has 0 bridgehead atoms. The van der Waals surface area contributed by atoms with E-state index in [2.05, 4.69) is 17.2 Å². The summed E-state index contributed by atoms with van der Waals surface area (Å²) in [5.41, 5.74) is 0.450. The predicted molar refractivity (Wildman–Crippen MR) is 68.5 cm³/mol. The van der Waals surface area contributed by atoms with E-state index >= 15 is 0 Å². The van der Waals surface area contributed by atoms with Gasteiger partial charge in [0, 0.05) is 12.1 Å². The molecule has 5 heteroatoms. The summed E-state index contributed by atoms with van der Waals surface area (Å²) >= 11 is 0. The van der Waals surface area contributed by atoms with Gasteiger partial charge in [-0.1, -0.05) is 12.1 Å². The van der Waals surface area contributed by atoms with E-state index in [4.69, 9.17) is 4.74 Å². The molecule has 1 aromatic rings. The number of amides is 2. The average molecular weight is 248 g/mol. The largest absolute Gasteiger partial charge is 0.497 e. The van der Waals surface area contributed by atoms with E-state index in [1.807, 2.05) is 0 Å². The minimum Gasteiger partial charge on any atom is -0.497 e. The summed E-state index contributed by atoms with van der Waals surface area (Å²) in [5, 5.41) is 5.08. The lowest BCUT2D eigenvalue weighted by Crippen LogP contribution is -2.36. The Morgan fingerprint density at radius 2 is 2.17 bits per heavy atom. The third kappa shape index (κ3) is 4.29. The zero-order chi connectivity index (χ0) is 13.4. The molecule has 0 aliphatic heterocycles. The highest BCUT2D eigenvalue weighted by atomic mass is 16.5. The van der Waals surface area contributed by atoms with Gasteiger partial charge in [0.2, 0.25) is 5.91 Å². The van der Waals surface area contributed by atoms with Crippen molar-refractivity contribution in [2.75, 3.05) is 20.2 Å². The minimum absolute atomic E-state index is 0.0656. The van der Waals surface area contributed by atoms with Crippen LogP contribution in [-0.2, 0) is 4.79 Å². The summed E-state index contributed by atoms with van der Waals surface area (Å²) in [6.07, 6.45) is 1.57. The fourth-order valence-electron chi connectivity index (χ4n) is 1.28. The Balaban J connectivity index is 2.49. The molecular weight excluding hydrogens is 232 g/mol. The first-order chi connectivity index (χ1) is 8.67. The molecule has 96 valence electrons. The van der Waals surface area contributed by atoms with E-state index in [1.165, 1.54) is 7.11 Å². The van der Waals surface area contributed by atoms with Crippen molar-refractivity contribution in [3.63, 3.8) is 0 Å². The van der Waals surface area contributed by atoms with Crippen molar-refractivity contribution >= 4 is 11.8 Å². The highest BCUT2D eigenvalue weighted by molar-refractivity contribution is 5.96. The van der Waals surface area contributed by atoms with Gasteiger partial charge in [0.1, 0.15) is 5.75 Å². The highest BCUT2D eigenvalue weighted by Crippen LogP contribution is 2.11. The number of carbonyl (C=O) groups excluding carboxylic acids is 2. The van der Waals surface area contributed by atoms with Gasteiger partial charge in [-0.25, -0.2) is 0 Å². The third-order valence-corrected chi connectivity index (χ3v) is 2.18. The van der Waals surface area contributed by atoms with Crippen molar-refractivity contribution in [2.24, 2.45) is 0 Å². The molecule has 18 heavy (non-hydrogen) atoms. The van der Waals surface area contributed by atoms with Gasteiger partial charge in [-0.05, 0) is 18.2 Å². The van der Waals surface area contributed by atoms with E-state index < -0.39 is 0 Å². The zero-order valence-electron chi connectivity index (χ0n) is 10.2. The van der Waals surface area contributed by atoms with Crippen molar-refractivity contribution in [2.45, 2.75) is 0 Å². The molecule has 0 fully saturated rings. The lowest BCUT2D eigenvalue weighted by Gasteiger charge is -2.06. The molecule has 1 aromatic carbocycles. The molecule has 0 radical (unpaired) electrons. The van der Waals surface area contributed by atoms with E-state index in [0.29, 0.717) is 17.9 Å². The predicted octanol–water partition coefficient (Wildman–Crippen LogP) is 0.727. The second-order valence-corrected chi connectivity index (χ2v) is 3.51. The van der Waals surface area contributed by atoms with Gasteiger partial charge in [-0.2, -0.15) is 0 Å². The molecule has 0 atom stereocenters. The van der Waals surface area contributed by atoms with Crippen LogP contribution in [0.2, 0.25) is 0 Å². The Bertz CT molecular complexity index is 444. The topological polar surface area (TPSA) is 67.4 Å². The fourth-order valence-corrected chi connectivity index (χ4v) is 1.28. The second kappa shape index (κ2) is 7.11. The summed E-state index contributed by atoms with van der Waals surface area (Å²) in [7, 11) is 1.53. The van der Waals surface area contributed by atoms with Crippen LogP contribution in [0.4, 0.5) is 0 Å². The van der Waals surface area contributed by atoms with E-state index in [-0.39, 0.29) is 18.4 Å². The van der Waals surface area contributed by atoms with Gasteiger partial charge in [-0.15, -0.1) is 6.58 Å². The zero-order valence-corrected chi connectivity index (χ0v) is 10.2. The second-order valence-electron chi connectivity index (χ2n) is 3.51. The molecule has 2 amide bonds. The standard InChI is InChI=1S/C13H16N2O3/c1-3-7-14-12(16)9-15-13(17)10-5-4-6-11(8-10)18-2/h3-6,8H,1,7,9H2,2H3,(H,14,16)(H,15,17). The Labute approximate surface area is 106 Å². The maximum absolute atomic E-state index is 11.7. The maximum atomic E-state index is 11.7. The van der Waals surface area contributed by atoms with Gasteiger partial charge < -0.3 is 15.4 Å². The highest BCUT2D eigenvalue weighted by Gasteiger charge is 2.08. The van der Waals surface area contributed by atoms with Crippen molar-refractivity contribution in [3.05, 3.63) is 42.5 Å². The Kier molecular flexibility index (Phi) is 5.44. The van der Waals surface area contributed by atoms with Gasteiger partial charge in [0.25, 0.3) is 5.91 Å². The van der Waals surface area contributed by atoms with E-state index in [1.54, 1.807) is 30.3 Å². The van der Waals surface area contributed by atoms with Crippen LogP contribution in [-0.4, -0.2) is 32.0 Å². The number of hydrogen-bond donors (Lipinski definition) is 2. The minimum atomic E-state index is -0.317. The number of carbonyl (C=O) groups is 2. The molecule has 0 aromatic heterocycles. The monoisotopic (exact) mass is 248 g/mol. The number of methoxy groups -OCH3 is 1. The molecule has 0 heterocycles. The lowest BCUT2D eigenvalue weighted by molar-refractivity contribution is -0.119. The summed E-state index contributed by atoms with van der Waals surface area (Å²) in [6, 6.07) is 6.72. The summed E-state index contributed by atoms with van der Waals surface area (Å²) in [4.78, 5) is 23.0. The molecule has 0 saturated heterocycles. The van der Waals surface area contributed by atoms with Gasteiger partial charge in [0.15, 0.2) is 0 Å². The first-order valence-corrected chi connectivity index (χ1v) is 5.47. The number of ether oxygens (including phenoxy) is 1. The normalized spacial score (nSPS) is 9.39. The number of rotatable bonds is 6. The van der Waals surface area contributed by atoms with Crippen LogP contribution in [0.25, 0.3) is 0 Å². The molecule has 0 aliphatic rings. The Hall–Kier alpha value is -2.30. The van der Waals surface area contributed by atoms with Crippen LogP contribution < -0.4 is 15.4 Å². The van der Waals surface area contributed by atoms with Crippen LogP contribution in [0.1, 0.15) is 10.4 Å². The Morgan fingerprint density at radius 1 is 1.39 bits per heavy atom. The summed E-state index contributed by atoms with van der Waals surface area (Å²) < 4.78 is 5.01. The third-order valence-electron chi connectivity index (χ3n) is 2.18. The number of nitrogens with one attached hydrogen (secondary N) is 2. The number of benzene rings is 1. The van der Waals surface area contributed by atoms with Crippen molar-refractivity contribution < 1.29 is 14.3 Å². The van der Waals surface area contributed by atoms with E-state index in [0.717, 1.165) is 0 Å². The molecule has 0 saturated carbocycles. The SMILES string of the molecule is C=CCNC(=O)CNC(=O)c1cccc(OC)c1. The smallest absolute Gasteiger partial charge is 0.251 e. The van der Waals surface area contributed by atoms with Crippen LogP contribution >= 0.6 is 0 Å². The fraction of sp³-hybridized carbons (Fsp3) is 0.231. The molecular formula is C13H16N2O3. The maximum Gasteiger partial charge on any atom is 0.251 e. The van der Waals surface area contributed by atoms with Gasteiger partial charge in [0.05, 0.1) is 13.7 Å². The van der Waals surface area contributed by atoms with Crippen molar-refractivity contribution in [3.8, 4) is 5.75 Å². The van der Waals surface area contributed by atoms with Crippen LogP contribution in [0.3, 0.4) is 0 Å². The Morgan fingerprint density at radius 3 is 2.83 bits per heavy atom. The molecule has 0 aliphatic carbocycles. The summed E-state index contributed by atoms with van der Waals surface area (Å²) in [6.45, 7) is 3.80. The quantitative estimate of drug-likeness (QED) is 0.729. The molecule has 2 N–H and O–H groups in total. The first kappa shape index (κ1) is 13.8. The van der Waals surface area contributed by atoms with Crippen LogP contribution in [0, 0.1) is 0 Å². The molecule has 1 rings (SSSR count). The lowest BCUT2D eigenvalue weighted by atomic mass is 10.2. The first-order valence-electron chi connectivity index (χ1n) is 5.47. The van der Waals surface area contributed by atoms with Gasteiger partial charge >= 0.3 is 0 Å². The average Bonchev–Trinajstić information content (AvgIpc) is 2.42. The van der Waals surface area contributed by atoms with Crippen molar-refractivity contribution in [1.82, 2.24) is 10.6 Å². The summed E-state index contributed by atoms with van der Waals surface area (Å²) in [5.74, 6) is 0.0209. The number of hydrogen-bond acceptors (Lipinski definition) is 3. The van der Waals surface area contributed by atoms with Crippen LogP contribution in [0.15, 0.2) is 36.9 Å². The van der Waals surface area contributed by atoms with Crippen LogP contribution in [0.5, 0.6) is 5.75 Å². The molecule has 0 unspecified atom stereocenters.